The second kappa shape index (κ2) is 15.0. The summed E-state index contributed by atoms with van der Waals surface area (Å²) in [6.45, 7) is 2.25. The van der Waals surface area contributed by atoms with E-state index in [1.54, 1.807) is 23.9 Å². The number of aromatic hydroxyl groups is 1. The number of carbonyl (C=O) groups is 1. The van der Waals surface area contributed by atoms with Crippen molar-refractivity contribution in [3.05, 3.63) is 54.1 Å². The van der Waals surface area contributed by atoms with Crippen molar-refractivity contribution in [1.29, 1.82) is 0 Å². The lowest BCUT2D eigenvalue weighted by Gasteiger charge is -2.07. The molecule has 0 bridgehead atoms. The summed E-state index contributed by atoms with van der Waals surface area (Å²) in [5.41, 5.74) is 2.25. The van der Waals surface area contributed by atoms with E-state index in [1.807, 2.05) is 24.3 Å². The lowest BCUT2D eigenvalue weighted by molar-refractivity contribution is -0.116. The van der Waals surface area contributed by atoms with E-state index in [0.29, 0.717) is 12.2 Å². The molecule has 2 rings (SSSR count). The van der Waals surface area contributed by atoms with Crippen LogP contribution in [0.5, 0.6) is 5.75 Å². The van der Waals surface area contributed by atoms with E-state index in [2.05, 4.69) is 24.4 Å². The highest BCUT2D eigenvalue weighted by atomic mass is 32.2. The number of hydrogen-bond acceptors (Lipinski definition) is 3. The van der Waals surface area contributed by atoms with E-state index in [9.17, 15) is 9.90 Å². The Morgan fingerprint density at radius 2 is 1.50 bits per heavy atom. The van der Waals surface area contributed by atoms with Crippen molar-refractivity contribution in [2.45, 2.75) is 82.4 Å². The fourth-order valence-corrected chi connectivity index (χ4v) is 4.30. The van der Waals surface area contributed by atoms with Crippen LogP contribution in [0, 0.1) is 0 Å². The van der Waals surface area contributed by atoms with Crippen molar-refractivity contribution >= 4 is 23.4 Å². The zero-order valence-electron chi connectivity index (χ0n) is 18.4. The molecule has 0 aliphatic rings. The topological polar surface area (TPSA) is 49.3 Å². The summed E-state index contributed by atoms with van der Waals surface area (Å²) >= 11 is 1.79. The SMILES string of the molecule is CCCCCCCCc1ccc(NC(=O)CCCCCSc2ccc(O)cc2)cc1. The summed E-state index contributed by atoms with van der Waals surface area (Å²) in [6, 6.07) is 15.6. The van der Waals surface area contributed by atoms with Crippen molar-refractivity contribution in [1.82, 2.24) is 0 Å². The maximum absolute atomic E-state index is 12.1. The summed E-state index contributed by atoms with van der Waals surface area (Å²) in [6.07, 6.45) is 12.7. The number of amides is 1. The van der Waals surface area contributed by atoms with Gasteiger partial charge in [0, 0.05) is 17.0 Å². The first-order valence-electron chi connectivity index (χ1n) is 11.5. The molecule has 0 fully saturated rings. The number of benzene rings is 2. The molecule has 2 aromatic carbocycles. The number of unbranched alkanes of at least 4 members (excludes halogenated alkanes) is 7. The molecule has 164 valence electrons. The van der Waals surface area contributed by atoms with Crippen LogP contribution in [0.3, 0.4) is 0 Å². The maximum atomic E-state index is 12.1. The molecule has 0 heterocycles. The molecule has 0 saturated heterocycles. The van der Waals surface area contributed by atoms with Crippen LogP contribution >= 0.6 is 11.8 Å². The monoisotopic (exact) mass is 427 g/mol. The Morgan fingerprint density at radius 1 is 0.833 bits per heavy atom. The smallest absolute Gasteiger partial charge is 0.224 e. The number of thioether (sulfide) groups is 1. The molecule has 0 aliphatic carbocycles. The van der Waals surface area contributed by atoms with Crippen molar-refractivity contribution in [3.63, 3.8) is 0 Å². The van der Waals surface area contributed by atoms with Gasteiger partial charge in [0.1, 0.15) is 5.75 Å². The van der Waals surface area contributed by atoms with E-state index in [0.717, 1.165) is 37.1 Å². The predicted molar refractivity (Wildman–Crippen MR) is 129 cm³/mol. The van der Waals surface area contributed by atoms with Gasteiger partial charge < -0.3 is 10.4 Å². The van der Waals surface area contributed by atoms with Crippen LogP contribution in [0.2, 0.25) is 0 Å². The first-order chi connectivity index (χ1) is 14.7. The van der Waals surface area contributed by atoms with Crippen LogP contribution in [0.15, 0.2) is 53.4 Å². The van der Waals surface area contributed by atoms with Crippen molar-refractivity contribution in [3.8, 4) is 5.75 Å². The van der Waals surface area contributed by atoms with E-state index in [1.165, 1.54) is 49.0 Å². The van der Waals surface area contributed by atoms with Crippen molar-refractivity contribution in [2.24, 2.45) is 0 Å². The van der Waals surface area contributed by atoms with Gasteiger partial charge in [0.05, 0.1) is 0 Å². The van der Waals surface area contributed by atoms with Gasteiger partial charge in [-0.15, -0.1) is 11.8 Å². The van der Waals surface area contributed by atoms with E-state index in [-0.39, 0.29) is 5.91 Å². The molecule has 30 heavy (non-hydrogen) atoms. The first-order valence-corrected chi connectivity index (χ1v) is 12.5. The molecule has 4 heteroatoms. The quantitative estimate of drug-likeness (QED) is 0.227. The highest BCUT2D eigenvalue weighted by molar-refractivity contribution is 7.99. The normalized spacial score (nSPS) is 10.8. The standard InChI is InChI=1S/C26H37NO2S/c1-2-3-4-5-6-8-11-22-13-15-23(16-14-22)27-26(29)12-9-7-10-21-30-25-19-17-24(28)18-20-25/h13-20,28H,2-12,21H2,1H3,(H,27,29). The number of nitrogens with one attached hydrogen (secondary N) is 1. The van der Waals surface area contributed by atoms with Crippen LogP contribution in [-0.4, -0.2) is 16.8 Å². The van der Waals surface area contributed by atoms with E-state index < -0.39 is 0 Å². The van der Waals surface area contributed by atoms with E-state index >= 15 is 0 Å². The Labute approximate surface area is 186 Å². The van der Waals surface area contributed by atoms with Gasteiger partial charge in [0.2, 0.25) is 5.91 Å². The average Bonchev–Trinajstić information content (AvgIpc) is 2.75. The number of carbonyl (C=O) groups excluding carboxylic acids is 1. The second-order valence-electron chi connectivity index (χ2n) is 7.92. The predicted octanol–water partition coefficient (Wildman–Crippen LogP) is 7.59. The minimum absolute atomic E-state index is 0.102. The molecular formula is C26H37NO2S. The number of rotatable bonds is 15. The van der Waals surface area contributed by atoms with Gasteiger partial charge >= 0.3 is 0 Å². The largest absolute Gasteiger partial charge is 0.508 e. The molecule has 2 aromatic rings. The third kappa shape index (κ3) is 10.7. The Balaban J connectivity index is 1.52. The highest BCUT2D eigenvalue weighted by Gasteiger charge is 2.03. The fourth-order valence-electron chi connectivity index (χ4n) is 3.38. The lowest BCUT2D eigenvalue weighted by Crippen LogP contribution is -2.11. The van der Waals surface area contributed by atoms with Crippen LogP contribution in [-0.2, 0) is 11.2 Å². The number of anilines is 1. The Hall–Kier alpha value is -1.94. The number of phenols is 1. The number of phenolic OH excluding ortho intramolecular Hbond substituents is 1. The summed E-state index contributed by atoms with van der Waals surface area (Å²) in [7, 11) is 0. The molecule has 1 amide bonds. The Bertz CT molecular complexity index is 713. The summed E-state index contributed by atoms with van der Waals surface area (Å²) in [4.78, 5) is 13.3. The molecule has 0 radical (unpaired) electrons. The van der Waals surface area contributed by atoms with Crippen LogP contribution in [0.4, 0.5) is 5.69 Å². The molecule has 2 N–H and O–H groups in total. The van der Waals surface area contributed by atoms with Crippen molar-refractivity contribution < 1.29 is 9.90 Å². The summed E-state index contributed by atoms with van der Waals surface area (Å²) in [5.74, 6) is 1.44. The Morgan fingerprint density at radius 3 is 2.23 bits per heavy atom. The molecule has 0 saturated carbocycles. The fraction of sp³-hybridized carbons (Fsp3) is 0.500. The van der Waals surface area contributed by atoms with Crippen LogP contribution in [0.25, 0.3) is 0 Å². The minimum Gasteiger partial charge on any atom is -0.508 e. The minimum atomic E-state index is 0.102. The summed E-state index contributed by atoms with van der Waals surface area (Å²) < 4.78 is 0. The van der Waals surface area contributed by atoms with Gasteiger partial charge in [-0.3, -0.25) is 4.79 Å². The van der Waals surface area contributed by atoms with Gasteiger partial charge in [0.25, 0.3) is 0 Å². The molecule has 0 aromatic heterocycles. The van der Waals surface area contributed by atoms with Gasteiger partial charge in [0.15, 0.2) is 0 Å². The average molecular weight is 428 g/mol. The number of aryl methyl sites for hydroxylation is 1. The summed E-state index contributed by atoms with van der Waals surface area (Å²) in [5, 5.41) is 12.3. The molecule has 3 nitrogen and oxygen atoms in total. The zero-order valence-corrected chi connectivity index (χ0v) is 19.2. The van der Waals surface area contributed by atoms with Gasteiger partial charge in [-0.25, -0.2) is 0 Å². The van der Waals surface area contributed by atoms with E-state index in [4.69, 9.17) is 0 Å². The third-order valence-electron chi connectivity index (χ3n) is 5.21. The van der Waals surface area contributed by atoms with Crippen LogP contribution < -0.4 is 5.32 Å². The second-order valence-corrected chi connectivity index (χ2v) is 9.08. The molecule has 0 spiro atoms. The third-order valence-corrected chi connectivity index (χ3v) is 6.31. The van der Waals surface area contributed by atoms with Gasteiger partial charge in [-0.1, -0.05) is 57.6 Å². The molecular weight excluding hydrogens is 390 g/mol. The highest BCUT2D eigenvalue weighted by Crippen LogP contribution is 2.22. The Kier molecular flexibility index (Phi) is 12.1. The van der Waals surface area contributed by atoms with Crippen LogP contribution in [0.1, 0.15) is 76.7 Å². The van der Waals surface area contributed by atoms with Gasteiger partial charge in [-0.2, -0.15) is 0 Å². The molecule has 0 aliphatic heterocycles. The van der Waals surface area contributed by atoms with Gasteiger partial charge in [-0.05, 0) is 73.4 Å². The number of hydrogen-bond donors (Lipinski definition) is 2. The maximum Gasteiger partial charge on any atom is 0.224 e. The molecule has 0 unspecified atom stereocenters. The molecule has 0 atom stereocenters. The first kappa shape index (κ1) is 24.3. The lowest BCUT2D eigenvalue weighted by atomic mass is 10.0. The van der Waals surface area contributed by atoms with Crippen molar-refractivity contribution in [2.75, 3.05) is 11.1 Å². The zero-order chi connectivity index (χ0) is 21.4.